The molecule has 1 fully saturated rings. The number of nitrogens with two attached hydrogens (primary N) is 1. The Morgan fingerprint density at radius 3 is 2.29 bits per heavy atom. The topological polar surface area (TPSA) is 125 Å². The van der Waals surface area contributed by atoms with Crippen molar-refractivity contribution in [1.29, 1.82) is 0 Å². The van der Waals surface area contributed by atoms with Crippen LogP contribution in [-0.4, -0.2) is 48.1 Å². The van der Waals surface area contributed by atoms with E-state index >= 15 is 0 Å². The van der Waals surface area contributed by atoms with Gasteiger partial charge in [-0.05, 0) is 43.2 Å². The van der Waals surface area contributed by atoms with Crippen LogP contribution in [0.2, 0.25) is 0 Å². The molecular formula is C21H28N4O5S. The molecule has 1 aliphatic rings. The number of primary amides is 1. The summed E-state index contributed by atoms with van der Waals surface area (Å²) >= 11 is 0. The van der Waals surface area contributed by atoms with Crippen molar-refractivity contribution in [2.75, 3.05) is 19.7 Å². The third-order valence-electron chi connectivity index (χ3n) is 5.21. The summed E-state index contributed by atoms with van der Waals surface area (Å²) in [6.07, 6.45) is 0.999. The number of carbonyl (C=O) groups is 1. The molecule has 0 atom stereocenters. The number of rotatable bonds is 6. The van der Waals surface area contributed by atoms with E-state index in [0.29, 0.717) is 31.7 Å². The van der Waals surface area contributed by atoms with E-state index in [1.807, 2.05) is 20.8 Å². The van der Waals surface area contributed by atoms with E-state index in [4.69, 9.17) is 10.5 Å². The molecule has 1 aromatic heterocycles. The maximum Gasteiger partial charge on any atom is 0.267 e. The van der Waals surface area contributed by atoms with Gasteiger partial charge in [0, 0.05) is 24.6 Å². The van der Waals surface area contributed by atoms with Gasteiger partial charge in [-0.1, -0.05) is 20.8 Å². The summed E-state index contributed by atoms with van der Waals surface area (Å²) in [7, 11) is -3.68. The van der Waals surface area contributed by atoms with Gasteiger partial charge < -0.3 is 10.5 Å². The molecule has 0 spiro atoms. The van der Waals surface area contributed by atoms with Crippen LogP contribution in [0.4, 0.5) is 0 Å². The summed E-state index contributed by atoms with van der Waals surface area (Å²) in [6, 6.07) is 8.99. The van der Waals surface area contributed by atoms with Crippen LogP contribution >= 0.6 is 0 Å². The number of sulfonamides is 1. The van der Waals surface area contributed by atoms with Crippen LogP contribution in [0.1, 0.15) is 45.3 Å². The van der Waals surface area contributed by atoms with Gasteiger partial charge in [0.15, 0.2) is 6.61 Å². The van der Waals surface area contributed by atoms with Gasteiger partial charge in [0.05, 0.1) is 16.6 Å². The molecule has 3 rings (SSSR count). The zero-order valence-corrected chi connectivity index (χ0v) is 18.8. The summed E-state index contributed by atoms with van der Waals surface area (Å²) in [6.45, 7) is 6.40. The Bertz CT molecular complexity index is 1100. The normalized spacial score (nSPS) is 16.2. The first-order valence-corrected chi connectivity index (χ1v) is 11.5. The van der Waals surface area contributed by atoms with Crippen LogP contribution in [0, 0.1) is 0 Å². The van der Waals surface area contributed by atoms with Crippen molar-refractivity contribution in [1.82, 2.24) is 14.1 Å². The first-order chi connectivity index (χ1) is 14.5. The van der Waals surface area contributed by atoms with E-state index in [1.165, 1.54) is 39.3 Å². The molecule has 1 saturated heterocycles. The third-order valence-corrected chi connectivity index (χ3v) is 7.12. The van der Waals surface area contributed by atoms with Crippen LogP contribution in [0.15, 0.2) is 46.1 Å². The maximum absolute atomic E-state index is 13.0. The molecule has 2 heterocycles. The van der Waals surface area contributed by atoms with Crippen molar-refractivity contribution in [2.24, 2.45) is 5.73 Å². The molecule has 31 heavy (non-hydrogen) atoms. The summed E-state index contributed by atoms with van der Waals surface area (Å²) < 4.78 is 34.1. The fourth-order valence-corrected chi connectivity index (χ4v) is 4.90. The van der Waals surface area contributed by atoms with E-state index in [9.17, 15) is 18.0 Å². The van der Waals surface area contributed by atoms with E-state index < -0.39 is 15.9 Å². The summed E-state index contributed by atoms with van der Waals surface area (Å²) in [5.41, 5.74) is 5.49. The van der Waals surface area contributed by atoms with Crippen LogP contribution in [0.25, 0.3) is 0 Å². The van der Waals surface area contributed by atoms with Gasteiger partial charge in [0.2, 0.25) is 10.0 Å². The van der Waals surface area contributed by atoms with Gasteiger partial charge in [-0.2, -0.15) is 9.40 Å². The molecule has 1 aromatic carbocycles. The smallest absolute Gasteiger partial charge is 0.267 e. The lowest BCUT2D eigenvalue weighted by molar-refractivity contribution is -0.119. The average molecular weight is 449 g/mol. The second-order valence-corrected chi connectivity index (χ2v) is 10.6. The van der Waals surface area contributed by atoms with Crippen molar-refractivity contribution in [3.63, 3.8) is 0 Å². The largest absolute Gasteiger partial charge is 0.484 e. The van der Waals surface area contributed by atoms with Crippen molar-refractivity contribution < 1.29 is 17.9 Å². The number of carbonyl (C=O) groups excluding carboxylic acids is 1. The van der Waals surface area contributed by atoms with Gasteiger partial charge in [-0.25, -0.2) is 13.1 Å². The molecule has 2 aromatic rings. The quantitative estimate of drug-likeness (QED) is 0.713. The minimum atomic E-state index is -3.68. The van der Waals surface area contributed by atoms with Gasteiger partial charge in [-0.15, -0.1) is 0 Å². The highest BCUT2D eigenvalue weighted by molar-refractivity contribution is 7.89. The van der Waals surface area contributed by atoms with Gasteiger partial charge >= 0.3 is 0 Å². The third kappa shape index (κ3) is 5.31. The molecule has 2 N–H and O–H groups in total. The summed E-state index contributed by atoms with van der Waals surface area (Å²) in [5.74, 6) is -0.248. The Morgan fingerprint density at radius 2 is 1.74 bits per heavy atom. The van der Waals surface area contributed by atoms with Crippen molar-refractivity contribution in [3.05, 3.63) is 52.4 Å². The highest BCUT2D eigenvalue weighted by Crippen LogP contribution is 2.27. The number of nitrogens with zero attached hydrogens (tertiary/aromatic N) is 3. The Hall–Kier alpha value is -2.72. The lowest BCUT2D eigenvalue weighted by Crippen LogP contribution is -2.41. The number of amides is 1. The van der Waals surface area contributed by atoms with E-state index in [1.54, 1.807) is 6.07 Å². The SMILES string of the molecule is CC(C)(C)c1ccc(=O)n(C2CCN(S(=O)(=O)c3ccc(OCC(N)=O)cc3)CC2)n1. The monoisotopic (exact) mass is 448 g/mol. The van der Waals surface area contributed by atoms with Crippen molar-refractivity contribution in [3.8, 4) is 5.75 Å². The average Bonchev–Trinajstić information content (AvgIpc) is 2.72. The van der Waals surface area contributed by atoms with Gasteiger partial charge in [0.25, 0.3) is 11.5 Å². The fourth-order valence-electron chi connectivity index (χ4n) is 3.43. The standard InChI is InChI=1S/C21H28N4O5S/c1-21(2,3)18-8-9-20(27)25(23-18)15-10-12-24(13-11-15)31(28,29)17-6-4-16(5-7-17)30-14-19(22)26/h4-9,15H,10-14H2,1-3H3,(H2,22,26). The zero-order chi connectivity index (χ0) is 22.8. The molecule has 0 saturated carbocycles. The Kier molecular flexibility index (Phi) is 6.51. The second-order valence-electron chi connectivity index (χ2n) is 8.61. The lowest BCUT2D eigenvalue weighted by atomic mass is 9.92. The Balaban J connectivity index is 1.70. The van der Waals surface area contributed by atoms with Crippen LogP contribution < -0.4 is 16.0 Å². The Labute approximate surface area is 181 Å². The molecule has 0 bridgehead atoms. The highest BCUT2D eigenvalue weighted by atomic mass is 32.2. The molecule has 0 radical (unpaired) electrons. The highest BCUT2D eigenvalue weighted by Gasteiger charge is 2.31. The van der Waals surface area contributed by atoms with Gasteiger partial charge in [-0.3, -0.25) is 9.59 Å². The van der Waals surface area contributed by atoms with Crippen LogP contribution in [-0.2, 0) is 20.2 Å². The maximum atomic E-state index is 13.0. The number of ether oxygens (including phenoxy) is 1. The molecule has 168 valence electrons. The summed E-state index contributed by atoms with van der Waals surface area (Å²) in [5, 5.41) is 4.54. The number of benzene rings is 1. The zero-order valence-electron chi connectivity index (χ0n) is 17.9. The number of hydrogen-bond acceptors (Lipinski definition) is 6. The number of piperidine rings is 1. The van der Waals surface area contributed by atoms with E-state index in [0.717, 1.165) is 5.69 Å². The number of hydrogen-bond donors (Lipinski definition) is 1. The molecule has 1 aliphatic heterocycles. The first-order valence-electron chi connectivity index (χ1n) is 10.1. The van der Waals surface area contributed by atoms with E-state index in [-0.39, 0.29) is 28.5 Å². The molecule has 1 amide bonds. The van der Waals surface area contributed by atoms with E-state index in [2.05, 4.69) is 5.10 Å². The predicted octanol–water partition coefficient (Wildman–Crippen LogP) is 1.43. The molecule has 9 nitrogen and oxygen atoms in total. The van der Waals surface area contributed by atoms with Crippen LogP contribution in [0.5, 0.6) is 5.75 Å². The fraction of sp³-hybridized carbons (Fsp3) is 0.476. The second kappa shape index (κ2) is 8.80. The molecule has 10 heteroatoms. The van der Waals surface area contributed by atoms with Crippen molar-refractivity contribution in [2.45, 2.75) is 50.0 Å². The molecule has 0 aliphatic carbocycles. The Morgan fingerprint density at radius 1 is 1.13 bits per heavy atom. The minimum absolute atomic E-state index is 0.141. The predicted molar refractivity (Wildman–Crippen MR) is 115 cm³/mol. The molecule has 0 unspecified atom stereocenters. The van der Waals surface area contributed by atoms with Crippen LogP contribution in [0.3, 0.4) is 0 Å². The lowest BCUT2D eigenvalue weighted by Gasteiger charge is -2.32. The van der Waals surface area contributed by atoms with Gasteiger partial charge in [0.1, 0.15) is 5.75 Å². The summed E-state index contributed by atoms with van der Waals surface area (Å²) in [4.78, 5) is 23.3. The molecular weight excluding hydrogens is 420 g/mol. The van der Waals surface area contributed by atoms with Crippen molar-refractivity contribution >= 4 is 15.9 Å². The number of aromatic nitrogens is 2. The first kappa shape index (κ1) is 23.0. The minimum Gasteiger partial charge on any atom is -0.484 e.